The molecule has 1 saturated heterocycles. The van der Waals surface area contributed by atoms with Crippen molar-refractivity contribution in [2.45, 2.75) is 43.9 Å². The Morgan fingerprint density at radius 1 is 1.30 bits per heavy atom. The Morgan fingerprint density at radius 2 is 2.07 bits per heavy atom. The Kier molecular flexibility index (Phi) is 4.64. The number of allylic oxidation sites excluding steroid dienone is 1. The monoisotopic (exact) mass is 371 g/mol. The first-order valence-electron chi connectivity index (χ1n) is 9.07. The number of diazo groups is 1. The van der Waals surface area contributed by atoms with Gasteiger partial charge >= 0.3 is 5.70 Å². The minimum Gasteiger partial charge on any atom is -0.501 e. The first-order chi connectivity index (χ1) is 13.1. The lowest BCUT2D eigenvalue weighted by Crippen LogP contribution is -2.45. The first kappa shape index (κ1) is 18.0. The number of aliphatic hydroxyl groups excluding tert-OH is 1. The van der Waals surface area contributed by atoms with Gasteiger partial charge in [-0.15, -0.1) is 0 Å². The van der Waals surface area contributed by atoms with E-state index in [0.717, 1.165) is 24.2 Å². The van der Waals surface area contributed by atoms with Crippen molar-refractivity contribution in [2.24, 2.45) is 5.92 Å². The van der Waals surface area contributed by atoms with Gasteiger partial charge < -0.3 is 24.1 Å². The third kappa shape index (κ3) is 2.90. The molecule has 1 aliphatic carbocycles. The maximum absolute atomic E-state index is 10.5. The summed E-state index contributed by atoms with van der Waals surface area (Å²) in [6.07, 6.45) is 3.06. The van der Waals surface area contributed by atoms with E-state index in [4.69, 9.17) is 18.9 Å². The van der Waals surface area contributed by atoms with Crippen molar-refractivity contribution in [3.8, 4) is 5.75 Å². The highest BCUT2D eigenvalue weighted by atomic mass is 16.7. The van der Waals surface area contributed by atoms with Crippen LogP contribution in [0, 0.1) is 11.3 Å². The topological polar surface area (TPSA) is 85.3 Å². The molecule has 2 bridgehead atoms. The number of hydrogen-bond donors (Lipinski definition) is 1. The molecule has 2 heterocycles. The summed E-state index contributed by atoms with van der Waals surface area (Å²) >= 11 is 0. The molecule has 1 N–H and O–H groups in total. The Hall–Kier alpha value is -2.40. The van der Waals surface area contributed by atoms with Crippen LogP contribution in [-0.4, -0.2) is 37.3 Å². The third-order valence-electron chi connectivity index (χ3n) is 5.72. The van der Waals surface area contributed by atoms with Crippen molar-refractivity contribution in [2.75, 3.05) is 14.2 Å². The molecule has 1 fully saturated rings. The number of benzene rings is 1. The van der Waals surface area contributed by atoms with E-state index in [1.54, 1.807) is 14.2 Å². The normalized spacial score (nSPS) is 31.9. The van der Waals surface area contributed by atoms with Crippen LogP contribution in [0.3, 0.4) is 0 Å². The lowest BCUT2D eigenvalue weighted by molar-refractivity contribution is -0.249. The average molecular weight is 371 g/mol. The molecule has 7 nitrogen and oxygen atoms in total. The molecule has 2 aliphatic heterocycles. The van der Waals surface area contributed by atoms with Crippen molar-refractivity contribution < 1.29 is 24.1 Å². The largest absolute Gasteiger partial charge is 0.501 e. The molecular formula is C20H23N2O5+. The number of ether oxygens (including phenoxy) is 4. The molecule has 0 spiro atoms. The van der Waals surface area contributed by atoms with Gasteiger partial charge in [0.15, 0.2) is 4.98 Å². The fraction of sp³-hybridized carbons (Fsp3) is 0.500. The molecule has 1 aromatic rings. The molecule has 142 valence electrons. The summed E-state index contributed by atoms with van der Waals surface area (Å²) in [6, 6.07) is 7.70. The van der Waals surface area contributed by atoms with Crippen molar-refractivity contribution >= 4 is 0 Å². The molecule has 0 saturated carbocycles. The summed E-state index contributed by atoms with van der Waals surface area (Å²) < 4.78 is 23.5. The lowest BCUT2D eigenvalue weighted by Gasteiger charge is -2.33. The van der Waals surface area contributed by atoms with E-state index in [1.165, 1.54) is 0 Å². The summed E-state index contributed by atoms with van der Waals surface area (Å²) in [5.41, 5.74) is 1.83. The van der Waals surface area contributed by atoms with E-state index in [9.17, 15) is 10.5 Å². The average Bonchev–Trinajstić information content (AvgIpc) is 2.96. The van der Waals surface area contributed by atoms with E-state index in [2.05, 4.69) is 4.98 Å². The van der Waals surface area contributed by atoms with Crippen molar-refractivity contribution in [3.05, 3.63) is 57.9 Å². The van der Waals surface area contributed by atoms with Crippen LogP contribution in [0.2, 0.25) is 0 Å². The zero-order valence-corrected chi connectivity index (χ0v) is 15.4. The van der Waals surface area contributed by atoms with Crippen LogP contribution in [0.15, 0.2) is 47.4 Å². The van der Waals surface area contributed by atoms with Gasteiger partial charge in [-0.1, -0.05) is 18.2 Å². The second kappa shape index (κ2) is 6.97. The predicted molar refractivity (Wildman–Crippen MR) is 96.3 cm³/mol. The molecule has 4 rings (SSSR count). The second-order valence-corrected chi connectivity index (χ2v) is 7.11. The van der Waals surface area contributed by atoms with Crippen LogP contribution >= 0.6 is 0 Å². The summed E-state index contributed by atoms with van der Waals surface area (Å²) in [6.45, 7) is 0.396. The van der Waals surface area contributed by atoms with Crippen LogP contribution in [0.1, 0.15) is 24.8 Å². The number of hydrogen-bond acceptors (Lipinski definition) is 6. The van der Waals surface area contributed by atoms with E-state index in [0.29, 0.717) is 12.2 Å². The number of rotatable bonds is 5. The maximum Gasteiger partial charge on any atom is 0.408 e. The molecule has 0 aromatic heterocycles. The second-order valence-electron chi connectivity index (χ2n) is 7.11. The van der Waals surface area contributed by atoms with Gasteiger partial charge in [0.25, 0.3) is 0 Å². The van der Waals surface area contributed by atoms with Gasteiger partial charge in [0.2, 0.25) is 16.9 Å². The molecule has 1 aromatic carbocycles. The highest BCUT2D eigenvalue weighted by molar-refractivity contribution is 5.41. The van der Waals surface area contributed by atoms with E-state index >= 15 is 0 Å². The van der Waals surface area contributed by atoms with Crippen LogP contribution in [0.25, 0.3) is 4.98 Å². The van der Waals surface area contributed by atoms with Gasteiger partial charge in [-0.3, -0.25) is 0 Å². The number of nitrogens with zero attached hydrogens (tertiary/aromatic N) is 2. The van der Waals surface area contributed by atoms with Crippen molar-refractivity contribution in [3.63, 3.8) is 0 Å². The Balaban J connectivity index is 1.63. The first-order valence-corrected chi connectivity index (χ1v) is 9.07. The number of methoxy groups -OCH3 is 2. The van der Waals surface area contributed by atoms with E-state index < -0.39 is 5.79 Å². The summed E-state index contributed by atoms with van der Waals surface area (Å²) in [5.74, 6) is -0.261. The molecule has 4 atom stereocenters. The van der Waals surface area contributed by atoms with Crippen LogP contribution < -0.4 is 4.74 Å². The fourth-order valence-corrected chi connectivity index (χ4v) is 4.33. The Bertz CT molecular complexity index is 826. The lowest BCUT2D eigenvalue weighted by atomic mass is 9.79. The van der Waals surface area contributed by atoms with Gasteiger partial charge in [0.1, 0.15) is 18.3 Å². The molecule has 0 amide bonds. The Labute approximate surface area is 157 Å². The molecule has 7 heteroatoms. The summed E-state index contributed by atoms with van der Waals surface area (Å²) in [4.78, 5) is 3.28. The van der Waals surface area contributed by atoms with Gasteiger partial charge in [0, 0.05) is 18.6 Å². The zero-order valence-electron chi connectivity index (χ0n) is 15.4. The van der Waals surface area contributed by atoms with Crippen molar-refractivity contribution in [1.29, 1.82) is 5.39 Å². The molecular weight excluding hydrogens is 348 g/mol. The number of aliphatic hydroxyl groups is 1. The summed E-state index contributed by atoms with van der Waals surface area (Å²) in [5, 5.41) is 19.9. The van der Waals surface area contributed by atoms with E-state index in [-0.39, 0.29) is 36.0 Å². The van der Waals surface area contributed by atoms with Gasteiger partial charge in [-0.05, 0) is 30.5 Å². The fourth-order valence-electron chi connectivity index (χ4n) is 4.33. The minimum atomic E-state index is -1.10. The highest BCUT2D eigenvalue weighted by Gasteiger charge is 2.62. The smallest absolute Gasteiger partial charge is 0.408 e. The van der Waals surface area contributed by atoms with E-state index in [1.807, 2.05) is 30.3 Å². The SMILES string of the molecule is COc1ccc(CO[C@@H]2[C@@H]3CCC=C4C(O)=C([N+]#N)C[C@]2(OC)O[C@@H]43)cc1. The summed E-state index contributed by atoms with van der Waals surface area (Å²) in [7, 11) is 3.19. The van der Waals surface area contributed by atoms with Crippen LogP contribution in [0.4, 0.5) is 0 Å². The highest BCUT2D eigenvalue weighted by Crippen LogP contribution is 2.52. The Morgan fingerprint density at radius 3 is 2.74 bits per heavy atom. The van der Waals surface area contributed by atoms with Gasteiger partial charge in [-0.2, -0.15) is 0 Å². The quantitative estimate of drug-likeness (QED) is 0.795. The maximum atomic E-state index is 10.5. The van der Waals surface area contributed by atoms with Crippen LogP contribution in [-0.2, 0) is 20.8 Å². The predicted octanol–water partition coefficient (Wildman–Crippen LogP) is 3.68. The van der Waals surface area contributed by atoms with Crippen LogP contribution in [0.5, 0.6) is 5.75 Å². The van der Waals surface area contributed by atoms with Gasteiger partial charge in [0.05, 0.1) is 19.8 Å². The van der Waals surface area contributed by atoms with Crippen molar-refractivity contribution in [1.82, 2.24) is 0 Å². The number of fused-ring (bicyclic) bond motifs is 1. The van der Waals surface area contributed by atoms with Gasteiger partial charge in [-0.25, -0.2) is 0 Å². The molecule has 0 radical (unpaired) electrons. The molecule has 0 unspecified atom stereocenters. The molecule has 3 aliphatic rings. The standard InChI is InChI=1S/C20H22N2O5/c1-24-13-8-6-12(7-9-13)11-26-19-15-5-3-4-14-17(23)16(22-21)10-20(19,25-2)27-18(14)15/h4,6-9,15,18-19H,3,5,10-11H2,1-2H3/p+1/t15-,18+,19-,20+/m1/s1. The zero-order chi connectivity index (χ0) is 19.0. The third-order valence-corrected chi connectivity index (χ3v) is 5.72. The molecule has 27 heavy (non-hydrogen) atoms. The minimum absolute atomic E-state index is 0.0141.